The molecule has 0 saturated heterocycles. The fourth-order valence-corrected chi connectivity index (χ4v) is 3.57. The van der Waals surface area contributed by atoms with Gasteiger partial charge in [0.25, 0.3) is 0 Å². The van der Waals surface area contributed by atoms with E-state index in [1.54, 1.807) is 0 Å². The van der Waals surface area contributed by atoms with Crippen molar-refractivity contribution in [3.05, 3.63) is 0 Å². The van der Waals surface area contributed by atoms with Crippen LogP contribution in [0.25, 0.3) is 0 Å². The van der Waals surface area contributed by atoms with Gasteiger partial charge in [0.2, 0.25) is 0 Å². The van der Waals surface area contributed by atoms with Gasteiger partial charge in [0.15, 0.2) is 0 Å². The molecule has 0 heterocycles. The summed E-state index contributed by atoms with van der Waals surface area (Å²) < 4.78 is 0. The molecule has 0 atom stereocenters. The zero-order chi connectivity index (χ0) is 27.8. The normalized spacial score (nSPS) is 9.73. The van der Waals surface area contributed by atoms with E-state index in [9.17, 15) is 0 Å². The molecule has 0 aromatic heterocycles. The number of rotatable bonds is 24. The standard InChI is InChI=1S/4C8H18O.Zr/c4*1-2-3-4-5-6-7-8-9;/h4*9H,2-8H2,1H3;. The Morgan fingerprint density at radius 2 is 0.378 bits per heavy atom. The van der Waals surface area contributed by atoms with Crippen LogP contribution in [0.2, 0.25) is 0 Å². The molecule has 0 aliphatic heterocycles. The van der Waals surface area contributed by atoms with Gasteiger partial charge in [0, 0.05) is 52.6 Å². The van der Waals surface area contributed by atoms with Gasteiger partial charge in [-0.2, -0.15) is 0 Å². The van der Waals surface area contributed by atoms with Crippen LogP contribution in [0.3, 0.4) is 0 Å². The Balaban J connectivity index is -0.000000122. The second-order valence-electron chi connectivity index (χ2n) is 9.97. The first-order valence-electron chi connectivity index (χ1n) is 16.1. The summed E-state index contributed by atoms with van der Waals surface area (Å²) in [5.41, 5.74) is 0. The molecule has 4 nitrogen and oxygen atoms in total. The Hall–Kier alpha value is 0.723. The zero-order valence-corrected chi connectivity index (χ0v) is 28.5. The minimum absolute atomic E-state index is 0. The molecule has 0 rings (SSSR count). The van der Waals surface area contributed by atoms with Gasteiger partial charge < -0.3 is 20.4 Å². The van der Waals surface area contributed by atoms with Gasteiger partial charge in [0.05, 0.1) is 0 Å². The molecule has 0 amide bonds. The smallest absolute Gasteiger partial charge is 0.0431 e. The summed E-state index contributed by atoms with van der Waals surface area (Å²) in [6.07, 6.45) is 30.0. The van der Waals surface area contributed by atoms with Gasteiger partial charge in [-0.15, -0.1) is 0 Å². The van der Waals surface area contributed by atoms with E-state index in [0.717, 1.165) is 25.7 Å². The van der Waals surface area contributed by atoms with Crippen molar-refractivity contribution in [1.29, 1.82) is 0 Å². The van der Waals surface area contributed by atoms with E-state index in [1.807, 2.05) is 0 Å². The topological polar surface area (TPSA) is 80.9 Å². The third kappa shape index (κ3) is 72.4. The Morgan fingerprint density at radius 1 is 0.243 bits per heavy atom. The summed E-state index contributed by atoms with van der Waals surface area (Å²) in [7, 11) is 0. The first kappa shape index (κ1) is 47.5. The molecule has 0 fully saturated rings. The van der Waals surface area contributed by atoms with Crippen LogP contribution < -0.4 is 0 Å². The number of unbranched alkanes of at least 4 members (excludes halogenated alkanes) is 20. The van der Waals surface area contributed by atoms with Crippen LogP contribution in [0.5, 0.6) is 0 Å². The molecule has 5 heteroatoms. The van der Waals surface area contributed by atoms with Crippen LogP contribution in [-0.4, -0.2) is 46.9 Å². The molecule has 0 radical (unpaired) electrons. The Kier molecular flexibility index (Phi) is 72.9. The van der Waals surface area contributed by atoms with Gasteiger partial charge in [0.1, 0.15) is 0 Å². The third-order valence-corrected chi connectivity index (χ3v) is 6.05. The monoisotopic (exact) mass is 610 g/mol. The first-order chi connectivity index (χ1) is 17.7. The van der Waals surface area contributed by atoms with Gasteiger partial charge in [-0.25, -0.2) is 0 Å². The van der Waals surface area contributed by atoms with E-state index in [1.165, 1.54) is 128 Å². The molecular weight excluding hydrogens is 540 g/mol. The summed E-state index contributed by atoms with van der Waals surface area (Å²) in [6.45, 7) is 10.3. The van der Waals surface area contributed by atoms with Crippen molar-refractivity contribution in [3.63, 3.8) is 0 Å². The summed E-state index contributed by atoms with van der Waals surface area (Å²) in [4.78, 5) is 0. The average molecular weight is 612 g/mol. The second-order valence-corrected chi connectivity index (χ2v) is 9.97. The molecule has 228 valence electrons. The summed E-state index contributed by atoms with van der Waals surface area (Å²) >= 11 is 0. The molecule has 4 N–H and O–H groups in total. The van der Waals surface area contributed by atoms with Crippen LogP contribution in [0.4, 0.5) is 0 Å². The van der Waals surface area contributed by atoms with E-state index in [-0.39, 0.29) is 26.2 Å². The fourth-order valence-electron chi connectivity index (χ4n) is 3.57. The quantitative estimate of drug-likeness (QED) is 0.0820. The van der Waals surface area contributed by atoms with Crippen molar-refractivity contribution in [3.8, 4) is 0 Å². The van der Waals surface area contributed by atoms with Gasteiger partial charge in [-0.1, -0.05) is 156 Å². The summed E-state index contributed by atoms with van der Waals surface area (Å²) in [5, 5.41) is 33.7. The second kappa shape index (κ2) is 56.8. The Bertz CT molecular complexity index is 214. The van der Waals surface area contributed by atoms with Gasteiger partial charge in [-0.05, 0) is 25.7 Å². The Labute approximate surface area is 253 Å². The molecular formula is C32H72O4Zr. The zero-order valence-electron chi connectivity index (χ0n) is 26.1. The molecule has 0 aromatic rings. The van der Waals surface area contributed by atoms with Crippen LogP contribution in [0.15, 0.2) is 0 Å². The molecule has 0 unspecified atom stereocenters. The van der Waals surface area contributed by atoms with Crippen molar-refractivity contribution in [1.82, 2.24) is 0 Å². The van der Waals surface area contributed by atoms with Crippen LogP contribution in [0, 0.1) is 0 Å². The number of aliphatic hydroxyl groups excluding tert-OH is 4. The molecule has 0 aliphatic carbocycles. The minimum Gasteiger partial charge on any atom is -0.396 e. The number of aliphatic hydroxyl groups is 4. The van der Waals surface area contributed by atoms with Gasteiger partial charge in [-0.3, -0.25) is 0 Å². The van der Waals surface area contributed by atoms with E-state index in [2.05, 4.69) is 27.7 Å². The molecule has 37 heavy (non-hydrogen) atoms. The van der Waals surface area contributed by atoms with Crippen LogP contribution in [0.1, 0.15) is 182 Å². The summed E-state index contributed by atoms with van der Waals surface area (Å²) in [6, 6.07) is 0. The van der Waals surface area contributed by atoms with Crippen molar-refractivity contribution >= 4 is 0 Å². The number of hydrogen-bond acceptors (Lipinski definition) is 4. The Morgan fingerprint density at radius 3 is 0.514 bits per heavy atom. The predicted octanol–water partition coefficient (Wildman–Crippen LogP) is 9.35. The molecule has 0 bridgehead atoms. The first-order valence-corrected chi connectivity index (χ1v) is 16.1. The molecule has 0 saturated carbocycles. The predicted molar refractivity (Wildman–Crippen MR) is 162 cm³/mol. The maximum absolute atomic E-state index is 8.42. The third-order valence-electron chi connectivity index (χ3n) is 6.05. The molecule has 0 aliphatic rings. The van der Waals surface area contributed by atoms with E-state index in [4.69, 9.17) is 20.4 Å². The van der Waals surface area contributed by atoms with E-state index >= 15 is 0 Å². The van der Waals surface area contributed by atoms with Crippen molar-refractivity contribution < 1.29 is 46.6 Å². The van der Waals surface area contributed by atoms with Gasteiger partial charge >= 0.3 is 0 Å². The van der Waals surface area contributed by atoms with Crippen LogP contribution >= 0.6 is 0 Å². The van der Waals surface area contributed by atoms with E-state index < -0.39 is 0 Å². The minimum atomic E-state index is 0. The SMILES string of the molecule is CCCCCCCCO.CCCCCCCCO.CCCCCCCCO.CCCCCCCCO.[Zr]. The summed E-state index contributed by atoms with van der Waals surface area (Å²) in [5.74, 6) is 0. The maximum atomic E-state index is 8.42. The fraction of sp³-hybridized carbons (Fsp3) is 1.00. The maximum Gasteiger partial charge on any atom is 0.0431 e. The largest absolute Gasteiger partial charge is 0.396 e. The van der Waals surface area contributed by atoms with Crippen LogP contribution in [-0.2, 0) is 26.2 Å². The van der Waals surface area contributed by atoms with Crippen molar-refractivity contribution in [2.24, 2.45) is 0 Å². The van der Waals surface area contributed by atoms with Crippen molar-refractivity contribution in [2.45, 2.75) is 182 Å². The van der Waals surface area contributed by atoms with Crippen molar-refractivity contribution in [2.75, 3.05) is 26.4 Å². The molecule has 0 aromatic carbocycles. The molecule has 0 spiro atoms. The van der Waals surface area contributed by atoms with E-state index in [0.29, 0.717) is 26.4 Å². The number of hydrogen-bond donors (Lipinski definition) is 4. The average Bonchev–Trinajstić information content (AvgIpc) is 2.90.